The molecular formula is C20H22F3NO3. The van der Waals surface area contributed by atoms with Crippen molar-refractivity contribution < 1.29 is 28.1 Å². The fourth-order valence-corrected chi connectivity index (χ4v) is 4.03. The number of hydrogen-bond acceptors (Lipinski definition) is 4. The van der Waals surface area contributed by atoms with Crippen LogP contribution in [0.3, 0.4) is 0 Å². The first-order chi connectivity index (χ1) is 12.6. The molecule has 0 amide bonds. The average molecular weight is 381 g/mol. The highest BCUT2D eigenvalue weighted by molar-refractivity contribution is 5.43. The lowest BCUT2D eigenvalue weighted by molar-refractivity contribution is -0.274. The van der Waals surface area contributed by atoms with Gasteiger partial charge in [0.25, 0.3) is 0 Å². The van der Waals surface area contributed by atoms with Gasteiger partial charge in [-0.05, 0) is 35.9 Å². The molecule has 146 valence electrons. The summed E-state index contributed by atoms with van der Waals surface area (Å²) in [6.07, 6.45) is -4.77. The molecule has 0 unspecified atom stereocenters. The number of hydrogen-bond donors (Lipinski definition) is 2. The van der Waals surface area contributed by atoms with E-state index in [1.807, 2.05) is 14.0 Å². The molecule has 3 rings (SSSR count). The van der Waals surface area contributed by atoms with E-state index in [1.165, 1.54) is 24.3 Å². The van der Waals surface area contributed by atoms with E-state index < -0.39 is 17.4 Å². The second kappa shape index (κ2) is 6.82. The van der Waals surface area contributed by atoms with Crippen molar-refractivity contribution in [2.45, 2.75) is 25.5 Å². The fourth-order valence-electron chi connectivity index (χ4n) is 4.03. The lowest BCUT2D eigenvalue weighted by atomic mass is 9.62. The average Bonchev–Trinajstić information content (AvgIpc) is 2.59. The second-order valence-corrected chi connectivity index (χ2v) is 7.37. The molecule has 1 atom stereocenters. The number of nitrogens with zero attached hydrogens (tertiary/aromatic N) is 1. The monoisotopic (exact) mass is 381 g/mol. The maximum atomic E-state index is 12.4. The number of likely N-dealkylation sites (tertiary alicyclic amines) is 1. The Morgan fingerprint density at radius 3 is 2.22 bits per heavy atom. The van der Waals surface area contributed by atoms with Gasteiger partial charge in [-0.2, -0.15) is 0 Å². The second-order valence-electron chi connectivity index (χ2n) is 7.37. The van der Waals surface area contributed by atoms with Crippen LogP contribution in [0.2, 0.25) is 0 Å². The van der Waals surface area contributed by atoms with E-state index in [9.17, 15) is 23.4 Å². The van der Waals surface area contributed by atoms with Gasteiger partial charge in [-0.25, -0.2) is 0 Å². The van der Waals surface area contributed by atoms with Gasteiger partial charge in [0.2, 0.25) is 0 Å². The summed E-state index contributed by atoms with van der Waals surface area (Å²) in [5.41, 5.74) is -0.250. The van der Waals surface area contributed by atoms with Crippen molar-refractivity contribution >= 4 is 0 Å². The largest absolute Gasteiger partial charge is 0.573 e. The molecule has 0 aromatic heterocycles. The first-order valence-corrected chi connectivity index (χ1v) is 8.55. The third-order valence-electron chi connectivity index (χ3n) is 5.14. The molecule has 27 heavy (non-hydrogen) atoms. The number of alkyl halides is 3. The molecule has 4 nitrogen and oxygen atoms in total. The van der Waals surface area contributed by atoms with E-state index >= 15 is 0 Å². The first-order valence-electron chi connectivity index (χ1n) is 8.55. The zero-order valence-electron chi connectivity index (χ0n) is 15.1. The van der Waals surface area contributed by atoms with Gasteiger partial charge in [-0.1, -0.05) is 43.3 Å². The Bertz CT molecular complexity index is 801. The Kier molecular flexibility index (Phi) is 4.96. The molecule has 0 spiro atoms. The number of aliphatic hydroxyl groups is 2. The van der Waals surface area contributed by atoms with Crippen LogP contribution in [0.15, 0.2) is 48.5 Å². The molecule has 2 aromatic rings. The summed E-state index contributed by atoms with van der Waals surface area (Å²) in [6, 6.07) is 12.3. The van der Waals surface area contributed by atoms with Gasteiger partial charge in [0.1, 0.15) is 11.4 Å². The van der Waals surface area contributed by atoms with Gasteiger partial charge < -0.3 is 19.8 Å². The van der Waals surface area contributed by atoms with Gasteiger partial charge in [-0.15, -0.1) is 13.2 Å². The van der Waals surface area contributed by atoms with Crippen molar-refractivity contribution in [1.82, 2.24) is 4.90 Å². The molecule has 2 N–H and O–H groups in total. The smallest absolute Gasteiger partial charge is 0.406 e. The van der Waals surface area contributed by atoms with Crippen molar-refractivity contribution in [1.29, 1.82) is 0 Å². The third kappa shape index (κ3) is 3.67. The highest BCUT2D eigenvalue weighted by Crippen LogP contribution is 2.50. The summed E-state index contributed by atoms with van der Waals surface area (Å²) >= 11 is 0. The van der Waals surface area contributed by atoms with Crippen LogP contribution >= 0.6 is 0 Å². The number of ether oxygens (including phenoxy) is 1. The van der Waals surface area contributed by atoms with Crippen LogP contribution in [0.25, 0.3) is 0 Å². The summed E-state index contributed by atoms with van der Waals surface area (Å²) < 4.78 is 41.2. The molecule has 7 heteroatoms. The maximum Gasteiger partial charge on any atom is 0.573 e. The molecule has 2 aromatic carbocycles. The first kappa shape index (κ1) is 19.7. The number of aliphatic hydroxyl groups excluding tert-OH is 1. The zero-order chi connectivity index (χ0) is 19.9. The zero-order valence-corrected chi connectivity index (χ0v) is 15.1. The van der Waals surface area contributed by atoms with Crippen LogP contribution < -0.4 is 4.74 Å². The number of halogens is 3. The van der Waals surface area contributed by atoms with Crippen LogP contribution in [-0.2, 0) is 12.2 Å². The SMILES string of the molecule is CN1CC(C)([C@@](O)(c2ccc(OC(F)(F)F)cc2)c2cccc(CO)c2)C1. The third-order valence-corrected chi connectivity index (χ3v) is 5.14. The fraction of sp³-hybridized carbons (Fsp3) is 0.400. The van der Waals surface area contributed by atoms with Gasteiger partial charge in [0.05, 0.1) is 6.61 Å². The molecule has 1 heterocycles. The molecule has 1 aliphatic rings. The van der Waals surface area contributed by atoms with Gasteiger partial charge in [-0.3, -0.25) is 0 Å². The summed E-state index contributed by atoms with van der Waals surface area (Å²) in [5, 5.41) is 21.3. The molecule has 0 radical (unpaired) electrons. The van der Waals surface area contributed by atoms with E-state index in [4.69, 9.17) is 0 Å². The predicted molar refractivity (Wildman–Crippen MR) is 94.1 cm³/mol. The van der Waals surface area contributed by atoms with Crippen molar-refractivity contribution in [3.8, 4) is 5.75 Å². The number of benzene rings is 2. The van der Waals surface area contributed by atoms with Crippen molar-refractivity contribution in [2.75, 3.05) is 20.1 Å². The van der Waals surface area contributed by atoms with E-state index in [2.05, 4.69) is 9.64 Å². The Balaban J connectivity index is 2.05. The topological polar surface area (TPSA) is 52.9 Å². The Labute approximate surface area is 155 Å². The predicted octanol–water partition coefficient (Wildman–Crippen LogP) is 3.27. The Hall–Kier alpha value is -2.09. The normalized spacial score (nSPS) is 19.2. The molecule has 0 saturated carbocycles. The van der Waals surface area contributed by atoms with Crippen LogP contribution in [0.4, 0.5) is 13.2 Å². The standard InChI is InChI=1S/C20H22F3NO3/c1-18(12-24(2)13-18)19(26,16-5-3-4-14(10-16)11-25)15-6-8-17(9-7-15)27-20(21,22)23/h3-10,25-26H,11-13H2,1-2H3/t19-/m1/s1. The highest BCUT2D eigenvalue weighted by atomic mass is 19.4. The summed E-state index contributed by atoms with van der Waals surface area (Å²) in [7, 11) is 1.94. The minimum absolute atomic E-state index is 0.168. The summed E-state index contributed by atoms with van der Waals surface area (Å²) in [6.45, 7) is 3.01. The molecular weight excluding hydrogens is 359 g/mol. The van der Waals surface area contributed by atoms with Crippen LogP contribution in [0.1, 0.15) is 23.6 Å². The van der Waals surface area contributed by atoms with Crippen molar-refractivity contribution in [3.63, 3.8) is 0 Å². The molecule has 1 fully saturated rings. The lowest BCUT2D eigenvalue weighted by Gasteiger charge is -2.56. The van der Waals surface area contributed by atoms with Crippen LogP contribution in [0, 0.1) is 5.41 Å². The van der Waals surface area contributed by atoms with Crippen LogP contribution in [-0.4, -0.2) is 41.6 Å². The molecule has 0 aliphatic carbocycles. The van der Waals surface area contributed by atoms with E-state index in [0.717, 1.165) is 0 Å². The van der Waals surface area contributed by atoms with Crippen LogP contribution in [0.5, 0.6) is 5.75 Å². The summed E-state index contributed by atoms with van der Waals surface area (Å²) in [5.74, 6) is -0.339. The molecule has 1 aliphatic heterocycles. The minimum atomic E-state index is -4.77. The van der Waals surface area contributed by atoms with Gasteiger partial charge in [0.15, 0.2) is 0 Å². The van der Waals surface area contributed by atoms with Crippen molar-refractivity contribution in [3.05, 3.63) is 65.2 Å². The van der Waals surface area contributed by atoms with Gasteiger partial charge in [0, 0.05) is 18.5 Å². The lowest BCUT2D eigenvalue weighted by Crippen LogP contribution is -2.63. The van der Waals surface area contributed by atoms with Crippen molar-refractivity contribution in [2.24, 2.45) is 5.41 Å². The van der Waals surface area contributed by atoms with E-state index in [-0.39, 0.29) is 12.4 Å². The molecule has 1 saturated heterocycles. The Morgan fingerprint density at radius 2 is 1.70 bits per heavy atom. The summed E-state index contributed by atoms with van der Waals surface area (Å²) in [4.78, 5) is 2.06. The minimum Gasteiger partial charge on any atom is -0.406 e. The maximum absolute atomic E-state index is 12.4. The van der Waals surface area contributed by atoms with E-state index in [1.54, 1.807) is 24.3 Å². The number of rotatable bonds is 5. The van der Waals surface area contributed by atoms with E-state index in [0.29, 0.717) is 29.8 Å². The molecule has 0 bridgehead atoms. The quantitative estimate of drug-likeness (QED) is 0.835. The highest BCUT2D eigenvalue weighted by Gasteiger charge is 2.55. The van der Waals surface area contributed by atoms with Gasteiger partial charge >= 0.3 is 6.36 Å². The Morgan fingerprint density at radius 1 is 1.07 bits per heavy atom.